The summed E-state index contributed by atoms with van der Waals surface area (Å²) in [5, 5.41) is 7.93. The van der Waals surface area contributed by atoms with Gasteiger partial charge in [-0.15, -0.1) is 0 Å². The highest BCUT2D eigenvalue weighted by molar-refractivity contribution is 5.89. The molecule has 0 radical (unpaired) electrons. The highest BCUT2D eigenvalue weighted by Gasteiger charge is 2.19. The lowest BCUT2D eigenvalue weighted by molar-refractivity contribution is -0.128. The molecule has 2 N–H and O–H groups in total. The van der Waals surface area contributed by atoms with Crippen LogP contribution in [0.25, 0.3) is 10.8 Å². The molecule has 0 unspecified atom stereocenters. The molecule has 1 saturated heterocycles. The van der Waals surface area contributed by atoms with E-state index >= 15 is 0 Å². The monoisotopic (exact) mass is 403 g/mol. The van der Waals surface area contributed by atoms with Gasteiger partial charge in [0, 0.05) is 31.7 Å². The molecule has 0 aliphatic carbocycles. The van der Waals surface area contributed by atoms with Crippen LogP contribution in [0.4, 0.5) is 10.5 Å². The summed E-state index contributed by atoms with van der Waals surface area (Å²) in [5.74, 6) is 1.04. The first-order valence-electron chi connectivity index (χ1n) is 10.1. The summed E-state index contributed by atoms with van der Waals surface area (Å²) in [6.45, 7) is 1.88. The molecule has 0 aromatic heterocycles. The van der Waals surface area contributed by atoms with Gasteiger partial charge in [-0.1, -0.05) is 30.3 Å². The number of hydrogen-bond donors (Lipinski definition) is 2. The molecule has 1 heterocycles. The summed E-state index contributed by atoms with van der Waals surface area (Å²) >= 11 is 0. The number of hydrogen-bond acceptors (Lipinski definition) is 3. The van der Waals surface area contributed by atoms with Gasteiger partial charge in [0.25, 0.3) is 0 Å². The highest BCUT2D eigenvalue weighted by Crippen LogP contribution is 2.22. The van der Waals surface area contributed by atoms with Crippen LogP contribution in [0.2, 0.25) is 0 Å². The number of benzene rings is 3. The molecule has 1 aliphatic heterocycles. The van der Waals surface area contributed by atoms with Crippen molar-refractivity contribution in [2.75, 3.05) is 19.0 Å². The molecule has 30 heavy (non-hydrogen) atoms. The third kappa shape index (κ3) is 4.71. The van der Waals surface area contributed by atoms with Crippen LogP contribution in [0.15, 0.2) is 60.7 Å². The first kappa shape index (κ1) is 19.8. The number of ether oxygens (including phenoxy) is 1. The van der Waals surface area contributed by atoms with E-state index in [0.717, 1.165) is 46.3 Å². The predicted molar refractivity (Wildman–Crippen MR) is 117 cm³/mol. The van der Waals surface area contributed by atoms with Gasteiger partial charge < -0.3 is 20.3 Å². The van der Waals surface area contributed by atoms with Crippen molar-refractivity contribution in [3.05, 3.63) is 71.8 Å². The van der Waals surface area contributed by atoms with Crippen molar-refractivity contribution < 1.29 is 14.3 Å². The average Bonchev–Trinajstić information content (AvgIpc) is 3.17. The van der Waals surface area contributed by atoms with E-state index in [4.69, 9.17) is 4.74 Å². The second-order valence-corrected chi connectivity index (χ2v) is 7.47. The van der Waals surface area contributed by atoms with Crippen LogP contribution in [0.3, 0.4) is 0 Å². The zero-order valence-electron chi connectivity index (χ0n) is 17.0. The van der Waals surface area contributed by atoms with Gasteiger partial charge in [0.15, 0.2) is 0 Å². The maximum Gasteiger partial charge on any atom is 0.319 e. The Morgan fingerprint density at radius 3 is 2.47 bits per heavy atom. The normalized spacial score (nSPS) is 13.5. The molecule has 0 bridgehead atoms. The van der Waals surface area contributed by atoms with E-state index in [1.165, 1.54) is 0 Å². The molecule has 6 heteroatoms. The minimum Gasteiger partial charge on any atom is -0.497 e. The minimum atomic E-state index is -0.257. The SMILES string of the molecule is COc1ccc2cc(CNC(=O)Nc3ccc(CN4CCCC4=O)cc3)ccc2c1. The number of amides is 3. The average molecular weight is 403 g/mol. The van der Waals surface area contributed by atoms with Crippen molar-refractivity contribution in [3.63, 3.8) is 0 Å². The van der Waals surface area contributed by atoms with Crippen LogP contribution in [-0.2, 0) is 17.9 Å². The maximum atomic E-state index is 12.2. The van der Waals surface area contributed by atoms with Gasteiger partial charge >= 0.3 is 6.03 Å². The van der Waals surface area contributed by atoms with Gasteiger partial charge in [-0.25, -0.2) is 4.79 Å². The number of carbonyl (C=O) groups is 2. The predicted octanol–water partition coefficient (Wildman–Crippen LogP) is 4.29. The third-order valence-electron chi connectivity index (χ3n) is 5.32. The van der Waals surface area contributed by atoms with Crippen LogP contribution in [0.1, 0.15) is 24.0 Å². The van der Waals surface area contributed by atoms with E-state index in [0.29, 0.717) is 19.5 Å². The number of methoxy groups -OCH3 is 1. The molecule has 3 aromatic carbocycles. The Labute approximate surface area is 175 Å². The highest BCUT2D eigenvalue weighted by atomic mass is 16.5. The van der Waals surface area contributed by atoms with Gasteiger partial charge in [0.05, 0.1) is 7.11 Å². The Morgan fingerprint density at radius 1 is 1.00 bits per heavy atom. The van der Waals surface area contributed by atoms with Crippen LogP contribution < -0.4 is 15.4 Å². The van der Waals surface area contributed by atoms with Crippen molar-refractivity contribution in [1.29, 1.82) is 0 Å². The maximum absolute atomic E-state index is 12.2. The fraction of sp³-hybridized carbons (Fsp3) is 0.250. The lowest BCUT2D eigenvalue weighted by atomic mass is 10.1. The van der Waals surface area contributed by atoms with Crippen LogP contribution in [-0.4, -0.2) is 30.5 Å². The van der Waals surface area contributed by atoms with E-state index in [-0.39, 0.29) is 11.9 Å². The van der Waals surface area contributed by atoms with E-state index in [9.17, 15) is 9.59 Å². The Bertz CT molecular complexity index is 1060. The molecule has 4 rings (SSSR count). The summed E-state index contributed by atoms with van der Waals surface area (Å²) in [6, 6.07) is 19.4. The first-order chi connectivity index (χ1) is 14.6. The Hall–Kier alpha value is -3.54. The van der Waals surface area contributed by atoms with Crippen molar-refractivity contribution in [2.45, 2.75) is 25.9 Å². The molecule has 0 spiro atoms. The number of likely N-dealkylation sites (tertiary alicyclic amines) is 1. The van der Waals surface area contributed by atoms with Crippen molar-refractivity contribution in [3.8, 4) is 5.75 Å². The zero-order chi connectivity index (χ0) is 20.9. The summed E-state index contributed by atoms with van der Waals surface area (Å²) in [4.78, 5) is 25.9. The topological polar surface area (TPSA) is 70.7 Å². The summed E-state index contributed by atoms with van der Waals surface area (Å²) in [6.07, 6.45) is 1.58. The van der Waals surface area contributed by atoms with Crippen LogP contribution in [0.5, 0.6) is 5.75 Å². The largest absolute Gasteiger partial charge is 0.497 e. The second kappa shape index (κ2) is 8.86. The number of nitrogens with one attached hydrogen (secondary N) is 2. The molecule has 3 aromatic rings. The molecule has 3 amide bonds. The third-order valence-corrected chi connectivity index (χ3v) is 5.32. The molecule has 0 atom stereocenters. The van der Waals surface area contributed by atoms with Crippen molar-refractivity contribution in [1.82, 2.24) is 10.2 Å². The number of rotatable bonds is 6. The lowest BCUT2D eigenvalue weighted by Gasteiger charge is -2.15. The summed E-state index contributed by atoms with van der Waals surface area (Å²) < 4.78 is 5.25. The number of nitrogens with zero attached hydrogens (tertiary/aromatic N) is 1. The van der Waals surface area contributed by atoms with Gasteiger partial charge in [-0.05, 0) is 58.7 Å². The fourth-order valence-electron chi connectivity index (χ4n) is 3.65. The molecule has 6 nitrogen and oxygen atoms in total. The van der Waals surface area contributed by atoms with Crippen molar-refractivity contribution >= 4 is 28.4 Å². The first-order valence-corrected chi connectivity index (χ1v) is 10.1. The lowest BCUT2D eigenvalue weighted by Crippen LogP contribution is -2.28. The Balaban J connectivity index is 1.30. The standard InChI is InChI=1S/C24H25N3O3/c1-30-22-11-8-19-13-18(4-7-20(19)14-22)15-25-24(29)26-21-9-5-17(6-10-21)16-27-12-2-3-23(27)28/h4-11,13-14H,2-3,12,15-16H2,1H3,(H2,25,26,29). The molecule has 1 aliphatic rings. The quantitative estimate of drug-likeness (QED) is 0.645. The van der Waals surface area contributed by atoms with Crippen LogP contribution >= 0.6 is 0 Å². The van der Waals surface area contributed by atoms with Crippen molar-refractivity contribution in [2.24, 2.45) is 0 Å². The zero-order valence-corrected chi connectivity index (χ0v) is 17.0. The number of fused-ring (bicyclic) bond motifs is 1. The Kier molecular flexibility index (Phi) is 5.84. The van der Waals surface area contributed by atoms with Crippen LogP contribution in [0, 0.1) is 0 Å². The van der Waals surface area contributed by atoms with Gasteiger partial charge in [0.1, 0.15) is 5.75 Å². The number of carbonyl (C=O) groups excluding carboxylic acids is 2. The van der Waals surface area contributed by atoms with E-state index in [1.807, 2.05) is 59.5 Å². The van der Waals surface area contributed by atoms with Gasteiger partial charge in [-0.2, -0.15) is 0 Å². The number of anilines is 1. The van der Waals surface area contributed by atoms with Gasteiger partial charge in [0.2, 0.25) is 5.91 Å². The summed E-state index contributed by atoms with van der Waals surface area (Å²) in [7, 11) is 1.65. The van der Waals surface area contributed by atoms with E-state index in [1.54, 1.807) is 7.11 Å². The molecule has 1 fully saturated rings. The summed E-state index contributed by atoms with van der Waals surface area (Å²) in [5.41, 5.74) is 2.80. The number of urea groups is 1. The molecular weight excluding hydrogens is 378 g/mol. The van der Waals surface area contributed by atoms with E-state index in [2.05, 4.69) is 16.7 Å². The molecule has 154 valence electrons. The smallest absolute Gasteiger partial charge is 0.319 e. The van der Waals surface area contributed by atoms with E-state index < -0.39 is 0 Å². The Morgan fingerprint density at radius 2 is 1.73 bits per heavy atom. The van der Waals surface area contributed by atoms with Gasteiger partial charge in [-0.3, -0.25) is 4.79 Å². The molecular formula is C24H25N3O3. The second-order valence-electron chi connectivity index (χ2n) is 7.47. The molecule has 0 saturated carbocycles. The minimum absolute atomic E-state index is 0.212. The fourth-order valence-corrected chi connectivity index (χ4v) is 3.65.